The summed E-state index contributed by atoms with van der Waals surface area (Å²) < 4.78 is 0.546. The van der Waals surface area contributed by atoms with Crippen LogP contribution in [0.5, 0.6) is 5.75 Å². The van der Waals surface area contributed by atoms with E-state index in [1.165, 1.54) is 12.1 Å². The highest BCUT2D eigenvalue weighted by atomic mass is 79.9. The minimum absolute atomic E-state index is 0.184. The van der Waals surface area contributed by atoms with Crippen molar-refractivity contribution in [3.05, 3.63) is 40.4 Å². The highest BCUT2D eigenvalue weighted by Crippen LogP contribution is 2.31. The molecule has 4 N–H and O–H groups in total. The molecule has 1 rings (SSSR count). The molecule has 0 saturated heterocycles. The summed E-state index contributed by atoms with van der Waals surface area (Å²) in [6.45, 7) is 3.48. The molecule has 1 aromatic rings. The van der Waals surface area contributed by atoms with Crippen LogP contribution in [0, 0.1) is 0 Å². The van der Waals surface area contributed by atoms with Gasteiger partial charge < -0.3 is 15.9 Å². The predicted molar refractivity (Wildman–Crippen MR) is 59.9 cm³/mol. The first kappa shape index (κ1) is 11.7. The molecule has 80 valence electrons. The van der Waals surface area contributed by atoms with Gasteiger partial charge in [0.25, 0.3) is 0 Å². The fraction of sp³-hybridized carbons (Fsp3) is 0.100. The van der Waals surface area contributed by atoms with Crippen LogP contribution in [-0.2, 0) is 0 Å². The van der Waals surface area contributed by atoms with Gasteiger partial charge in [0.15, 0.2) is 0 Å². The van der Waals surface area contributed by atoms with Crippen molar-refractivity contribution >= 4 is 21.9 Å². The minimum Gasteiger partial charge on any atom is -0.507 e. The number of nitrogens with two attached hydrogens (primary N) is 1. The molecule has 0 heterocycles. The van der Waals surface area contributed by atoms with Gasteiger partial charge in [-0.05, 0) is 12.1 Å². The van der Waals surface area contributed by atoms with Crippen LogP contribution in [0.2, 0.25) is 0 Å². The predicted octanol–water partition coefficient (Wildman–Crippen LogP) is 2.04. The van der Waals surface area contributed by atoms with Gasteiger partial charge in [-0.2, -0.15) is 0 Å². The Bertz CT molecular complexity index is 417. The second-order valence-corrected chi connectivity index (χ2v) is 3.87. The molecule has 4 nitrogen and oxygen atoms in total. The highest BCUT2D eigenvalue weighted by molar-refractivity contribution is 9.10. The summed E-state index contributed by atoms with van der Waals surface area (Å²) >= 11 is 3.15. The van der Waals surface area contributed by atoms with E-state index in [-0.39, 0.29) is 11.3 Å². The Labute approximate surface area is 95.2 Å². The molecule has 0 unspecified atom stereocenters. The molecule has 0 aliphatic carbocycles. The van der Waals surface area contributed by atoms with E-state index in [1.54, 1.807) is 6.07 Å². The standard InChI is InChI=1S/C10H10BrNO3/c1-2-8(12)6-3-5(11)4-7(9(6)13)10(14)15/h2-4,8,13H,1,12H2,(H,14,15)/t8-/m0/s1. The molecule has 0 aromatic heterocycles. The molecule has 1 atom stereocenters. The van der Waals surface area contributed by atoms with E-state index in [1.807, 2.05) is 0 Å². The summed E-state index contributed by atoms with van der Waals surface area (Å²) in [5, 5.41) is 18.5. The van der Waals surface area contributed by atoms with Crippen molar-refractivity contribution in [2.75, 3.05) is 0 Å². The lowest BCUT2D eigenvalue weighted by atomic mass is 10.0. The fourth-order valence-electron chi connectivity index (χ4n) is 1.16. The number of hydrogen-bond donors (Lipinski definition) is 3. The number of carboxylic acids is 1. The molecule has 0 radical (unpaired) electrons. The normalized spacial score (nSPS) is 12.1. The largest absolute Gasteiger partial charge is 0.507 e. The molecule has 0 amide bonds. The van der Waals surface area contributed by atoms with Gasteiger partial charge in [0.2, 0.25) is 0 Å². The smallest absolute Gasteiger partial charge is 0.339 e. The quantitative estimate of drug-likeness (QED) is 0.735. The minimum atomic E-state index is -1.20. The first-order valence-corrected chi connectivity index (χ1v) is 4.90. The Morgan fingerprint density at radius 1 is 1.60 bits per heavy atom. The summed E-state index contributed by atoms with van der Waals surface area (Å²) in [7, 11) is 0. The molecule has 0 saturated carbocycles. The van der Waals surface area contributed by atoms with Crippen LogP contribution in [0.25, 0.3) is 0 Å². The summed E-state index contributed by atoms with van der Waals surface area (Å²) in [5.74, 6) is -1.52. The van der Waals surface area contributed by atoms with Gasteiger partial charge in [0.05, 0.1) is 6.04 Å². The summed E-state index contributed by atoms with van der Waals surface area (Å²) in [6, 6.07) is 2.28. The van der Waals surface area contributed by atoms with Crippen molar-refractivity contribution in [2.24, 2.45) is 5.73 Å². The molecular formula is C10H10BrNO3. The van der Waals surface area contributed by atoms with Crippen molar-refractivity contribution < 1.29 is 15.0 Å². The van der Waals surface area contributed by atoms with Crippen LogP contribution >= 0.6 is 15.9 Å². The summed E-state index contributed by atoms with van der Waals surface area (Å²) in [6.07, 6.45) is 1.42. The zero-order chi connectivity index (χ0) is 11.6. The van der Waals surface area contributed by atoms with Crippen molar-refractivity contribution in [2.45, 2.75) is 6.04 Å². The van der Waals surface area contributed by atoms with Gasteiger partial charge in [-0.15, -0.1) is 6.58 Å². The maximum absolute atomic E-state index is 10.8. The SMILES string of the molecule is C=C[C@H](N)c1cc(Br)cc(C(=O)O)c1O. The molecule has 0 bridgehead atoms. The Morgan fingerprint density at radius 3 is 2.67 bits per heavy atom. The molecule has 0 spiro atoms. The third kappa shape index (κ3) is 2.37. The Kier molecular flexibility index (Phi) is 3.49. The lowest BCUT2D eigenvalue weighted by Crippen LogP contribution is -2.09. The Balaban J connectivity index is 3.40. The van der Waals surface area contributed by atoms with Gasteiger partial charge in [0, 0.05) is 10.0 Å². The van der Waals surface area contributed by atoms with Crippen molar-refractivity contribution in [3.63, 3.8) is 0 Å². The average molecular weight is 272 g/mol. The molecular weight excluding hydrogens is 262 g/mol. The van der Waals surface area contributed by atoms with Gasteiger partial charge in [0.1, 0.15) is 11.3 Å². The second-order valence-electron chi connectivity index (χ2n) is 2.96. The monoisotopic (exact) mass is 271 g/mol. The molecule has 5 heteroatoms. The molecule has 1 aromatic carbocycles. The third-order valence-electron chi connectivity index (χ3n) is 1.95. The van der Waals surface area contributed by atoms with E-state index in [9.17, 15) is 9.90 Å². The van der Waals surface area contributed by atoms with Gasteiger partial charge in [-0.25, -0.2) is 4.79 Å². The topological polar surface area (TPSA) is 83.6 Å². The lowest BCUT2D eigenvalue weighted by Gasteiger charge is -2.11. The van der Waals surface area contributed by atoms with Gasteiger partial charge in [-0.1, -0.05) is 22.0 Å². The van der Waals surface area contributed by atoms with Crippen LogP contribution in [0.1, 0.15) is 22.0 Å². The maximum atomic E-state index is 10.8. The van der Waals surface area contributed by atoms with Crippen LogP contribution in [0.3, 0.4) is 0 Å². The number of carboxylic acid groups (broad SMARTS) is 1. The zero-order valence-electron chi connectivity index (χ0n) is 7.77. The number of carbonyl (C=O) groups is 1. The number of rotatable bonds is 3. The Hall–Kier alpha value is -1.33. The van der Waals surface area contributed by atoms with Crippen LogP contribution in [-0.4, -0.2) is 16.2 Å². The number of halogens is 1. The number of benzene rings is 1. The zero-order valence-corrected chi connectivity index (χ0v) is 9.36. The average Bonchev–Trinajstić information content (AvgIpc) is 2.19. The van der Waals surface area contributed by atoms with E-state index in [0.29, 0.717) is 10.0 Å². The van der Waals surface area contributed by atoms with Crippen LogP contribution < -0.4 is 5.73 Å². The van der Waals surface area contributed by atoms with Crippen molar-refractivity contribution in [1.29, 1.82) is 0 Å². The van der Waals surface area contributed by atoms with E-state index in [2.05, 4.69) is 22.5 Å². The lowest BCUT2D eigenvalue weighted by molar-refractivity contribution is 0.0693. The third-order valence-corrected chi connectivity index (χ3v) is 2.41. The number of hydrogen-bond acceptors (Lipinski definition) is 3. The summed E-state index contributed by atoms with van der Waals surface area (Å²) in [4.78, 5) is 10.8. The second kappa shape index (κ2) is 4.46. The molecule has 0 aliphatic rings. The van der Waals surface area contributed by atoms with E-state index in [4.69, 9.17) is 10.8 Å². The molecule has 15 heavy (non-hydrogen) atoms. The Morgan fingerprint density at radius 2 is 2.20 bits per heavy atom. The number of aromatic hydroxyl groups is 1. The van der Waals surface area contributed by atoms with E-state index >= 15 is 0 Å². The van der Waals surface area contributed by atoms with Gasteiger partial charge >= 0.3 is 5.97 Å². The van der Waals surface area contributed by atoms with Gasteiger partial charge in [-0.3, -0.25) is 0 Å². The first-order valence-electron chi connectivity index (χ1n) is 4.11. The van der Waals surface area contributed by atoms with E-state index in [0.717, 1.165) is 0 Å². The van der Waals surface area contributed by atoms with Crippen LogP contribution in [0.15, 0.2) is 29.3 Å². The maximum Gasteiger partial charge on any atom is 0.339 e. The summed E-state index contributed by atoms with van der Waals surface area (Å²) in [5.41, 5.74) is 5.79. The highest BCUT2D eigenvalue weighted by Gasteiger charge is 2.17. The number of phenols is 1. The number of aromatic carboxylic acids is 1. The fourth-order valence-corrected chi connectivity index (χ4v) is 1.64. The molecule has 0 fully saturated rings. The first-order chi connectivity index (χ1) is 6.97. The van der Waals surface area contributed by atoms with Crippen molar-refractivity contribution in [3.8, 4) is 5.75 Å². The van der Waals surface area contributed by atoms with Crippen LogP contribution in [0.4, 0.5) is 0 Å². The van der Waals surface area contributed by atoms with E-state index < -0.39 is 12.0 Å². The molecule has 0 aliphatic heterocycles. The van der Waals surface area contributed by atoms with Crippen molar-refractivity contribution in [1.82, 2.24) is 0 Å².